The lowest BCUT2D eigenvalue weighted by Crippen LogP contribution is -2.30. The van der Waals surface area contributed by atoms with Gasteiger partial charge < -0.3 is 10.6 Å². The van der Waals surface area contributed by atoms with E-state index in [9.17, 15) is 19.3 Å². The fourth-order valence-electron chi connectivity index (χ4n) is 2.95. The van der Waals surface area contributed by atoms with E-state index in [1.165, 1.54) is 18.2 Å². The molecular formula is C20H19FN4O3. The number of hydrogen-bond donors (Lipinski definition) is 2. The van der Waals surface area contributed by atoms with Gasteiger partial charge in [0.05, 0.1) is 11.3 Å². The van der Waals surface area contributed by atoms with Crippen molar-refractivity contribution < 1.29 is 14.1 Å². The molecular weight excluding hydrogens is 363 g/mol. The number of nitrogens with zero attached hydrogens (tertiary/aromatic N) is 2. The molecule has 0 saturated heterocycles. The number of carbonyl (C=O) groups is 1. The van der Waals surface area contributed by atoms with Crippen LogP contribution in [0.15, 0.2) is 48.5 Å². The Labute approximate surface area is 160 Å². The number of nitro benzene ring substituents is 1. The highest BCUT2D eigenvalue weighted by Gasteiger charge is 2.15. The Balaban J connectivity index is 1.62. The van der Waals surface area contributed by atoms with Crippen LogP contribution in [-0.4, -0.2) is 28.9 Å². The predicted molar refractivity (Wildman–Crippen MR) is 105 cm³/mol. The summed E-state index contributed by atoms with van der Waals surface area (Å²) in [4.78, 5) is 27.0. The molecule has 0 aliphatic heterocycles. The number of carbonyl (C=O) groups excluding carboxylic acids is 1. The van der Waals surface area contributed by atoms with Crippen LogP contribution in [0.2, 0.25) is 0 Å². The van der Waals surface area contributed by atoms with E-state index < -0.39 is 4.92 Å². The van der Waals surface area contributed by atoms with Crippen molar-refractivity contribution in [1.82, 2.24) is 10.3 Å². The van der Waals surface area contributed by atoms with E-state index in [-0.39, 0.29) is 23.8 Å². The lowest BCUT2D eigenvalue weighted by Gasteiger charge is -2.11. The second kappa shape index (κ2) is 8.43. The lowest BCUT2D eigenvalue weighted by molar-refractivity contribution is -0.383. The van der Waals surface area contributed by atoms with E-state index in [1.807, 2.05) is 0 Å². The molecule has 144 valence electrons. The minimum Gasteiger partial charge on any atom is -0.383 e. The number of amides is 1. The first-order valence-corrected chi connectivity index (χ1v) is 8.74. The number of non-ortho nitro benzene ring substituents is 1. The Morgan fingerprint density at radius 3 is 2.71 bits per heavy atom. The van der Waals surface area contributed by atoms with Crippen LogP contribution in [0.5, 0.6) is 0 Å². The molecule has 8 heteroatoms. The van der Waals surface area contributed by atoms with Crippen LogP contribution in [0.1, 0.15) is 11.3 Å². The number of anilines is 1. The highest BCUT2D eigenvalue weighted by atomic mass is 19.1. The topological polar surface area (TPSA) is 97.2 Å². The van der Waals surface area contributed by atoms with Gasteiger partial charge in [0, 0.05) is 35.9 Å². The molecule has 0 unspecified atom stereocenters. The molecule has 1 heterocycles. The standard InChI is InChI=1S/C20H19FN4O3/c1-13-10-17(16-6-3-7-18(25(27)28)20(16)24-13)22-8-9-23-19(26)12-14-4-2-5-15(21)11-14/h2-7,10-11H,8-9,12H2,1H3,(H,22,24)(H,23,26). The summed E-state index contributed by atoms with van der Waals surface area (Å²) in [5.41, 5.74) is 2.25. The number of aromatic nitrogens is 1. The Hall–Kier alpha value is -3.55. The van der Waals surface area contributed by atoms with Gasteiger partial charge in [0.2, 0.25) is 5.91 Å². The molecule has 28 heavy (non-hydrogen) atoms. The molecule has 2 aromatic carbocycles. The molecule has 0 spiro atoms. The van der Waals surface area contributed by atoms with Crippen LogP contribution in [0.25, 0.3) is 10.9 Å². The normalized spacial score (nSPS) is 10.6. The van der Waals surface area contributed by atoms with Gasteiger partial charge in [-0.2, -0.15) is 0 Å². The number of pyridine rings is 1. The van der Waals surface area contributed by atoms with Crippen LogP contribution < -0.4 is 10.6 Å². The Kier molecular flexibility index (Phi) is 5.78. The number of halogens is 1. The molecule has 0 radical (unpaired) electrons. The van der Waals surface area contributed by atoms with E-state index in [0.29, 0.717) is 40.9 Å². The molecule has 3 rings (SSSR count). The van der Waals surface area contributed by atoms with Crippen molar-refractivity contribution in [2.75, 3.05) is 18.4 Å². The van der Waals surface area contributed by atoms with Crippen molar-refractivity contribution >= 4 is 28.2 Å². The van der Waals surface area contributed by atoms with Gasteiger partial charge in [-0.3, -0.25) is 14.9 Å². The summed E-state index contributed by atoms with van der Waals surface area (Å²) in [6.45, 7) is 2.55. The van der Waals surface area contributed by atoms with E-state index in [0.717, 1.165) is 0 Å². The summed E-state index contributed by atoms with van der Waals surface area (Å²) in [6.07, 6.45) is 0.0985. The third kappa shape index (κ3) is 4.59. The summed E-state index contributed by atoms with van der Waals surface area (Å²) in [5.74, 6) is -0.584. The zero-order chi connectivity index (χ0) is 20.1. The van der Waals surface area contributed by atoms with Gasteiger partial charge in [-0.05, 0) is 30.7 Å². The van der Waals surface area contributed by atoms with Crippen molar-refractivity contribution in [1.29, 1.82) is 0 Å². The summed E-state index contributed by atoms with van der Waals surface area (Å²) >= 11 is 0. The summed E-state index contributed by atoms with van der Waals surface area (Å²) < 4.78 is 13.2. The molecule has 0 aliphatic carbocycles. The number of aryl methyl sites for hydroxylation is 1. The van der Waals surface area contributed by atoms with Crippen molar-refractivity contribution in [2.45, 2.75) is 13.3 Å². The van der Waals surface area contributed by atoms with Crippen molar-refractivity contribution in [2.24, 2.45) is 0 Å². The molecule has 0 bridgehead atoms. The molecule has 0 fully saturated rings. The van der Waals surface area contributed by atoms with Crippen LogP contribution in [0.4, 0.5) is 15.8 Å². The summed E-state index contributed by atoms with van der Waals surface area (Å²) in [5, 5.41) is 17.8. The number of nitrogens with one attached hydrogen (secondary N) is 2. The molecule has 7 nitrogen and oxygen atoms in total. The maximum absolute atomic E-state index is 13.2. The first-order valence-electron chi connectivity index (χ1n) is 8.74. The Morgan fingerprint density at radius 1 is 1.18 bits per heavy atom. The molecule has 0 saturated carbocycles. The van der Waals surface area contributed by atoms with Crippen molar-refractivity contribution in [3.63, 3.8) is 0 Å². The second-order valence-corrected chi connectivity index (χ2v) is 6.33. The van der Waals surface area contributed by atoms with Gasteiger partial charge in [-0.15, -0.1) is 0 Å². The smallest absolute Gasteiger partial charge is 0.295 e. The average Bonchev–Trinajstić information content (AvgIpc) is 2.64. The molecule has 1 aromatic heterocycles. The van der Waals surface area contributed by atoms with Gasteiger partial charge in [-0.25, -0.2) is 9.37 Å². The minimum atomic E-state index is -0.453. The number of fused-ring (bicyclic) bond motifs is 1. The number of hydrogen-bond acceptors (Lipinski definition) is 5. The molecule has 0 aliphatic rings. The number of nitro groups is 1. The van der Waals surface area contributed by atoms with Crippen LogP contribution >= 0.6 is 0 Å². The van der Waals surface area contributed by atoms with E-state index in [2.05, 4.69) is 15.6 Å². The largest absolute Gasteiger partial charge is 0.383 e. The first kappa shape index (κ1) is 19.2. The van der Waals surface area contributed by atoms with Crippen molar-refractivity contribution in [3.05, 3.63) is 75.7 Å². The average molecular weight is 382 g/mol. The summed E-state index contributed by atoms with van der Waals surface area (Å²) in [7, 11) is 0. The molecule has 3 aromatic rings. The van der Waals surface area contributed by atoms with Gasteiger partial charge in [0.15, 0.2) is 5.52 Å². The first-order chi connectivity index (χ1) is 13.4. The van der Waals surface area contributed by atoms with E-state index >= 15 is 0 Å². The molecule has 1 amide bonds. The molecule has 0 atom stereocenters. The number of rotatable bonds is 7. The Morgan fingerprint density at radius 2 is 1.96 bits per heavy atom. The maximum atomic E-state index is 13.2. The monoisotopic (exact) mass is 382 g/mol. The predicted octanol–water partition coefficient (Wildman–Crippen LogP) is 3.36. The van der Waals surface area contributed by atoms with Gasteiger partial charge in [-0.1, -0.05) is 24.3 Å². The Bertz CT molecular complexity index is 1040. The molecule has 2 N–H and O–H groups in total. The quantitative estimate of drug-likeness (QED) is 0.371. The third-order valence-corrected chi connectivity index (χ3v) is 4.16. The number of para-hydroxylation sites is 1. The lowest BCUT2D eigenvalue weighted by atomic mass is 10.1. The third-order valence-electron chi connectivity index (χ3n) is 4.16. The zero-order valence-electron chi connectivity index (χ0n) is 15.2. The fraction of sp³-hybridized carbons (Fsp3) is 0.200. The van der Waals surface area contributed by atoms with Gasteiger partial charge in [0.25, 0.3) is 5.69 Å². The summed E-state index contributed by atoms with van der Waals surface area (Å²) in [6, 6.07) is 12.5. The van der Waals surface area contributed by atoms with Gasteiger partial charge >= 0.3 is 0 Å². The highest BCUT2D eigenvalue weighted by Crippen LogP contribution is 2.29. The van der Waals surface area contributed by atoms with Crippen LogP contribution in [-0.2, 0) is 11.2 Å². The maximum Gasteiger partial charge on any atom is 0.295 e. The zero-order valence-corrected chi connectivity index (χ0v) is 15.2. The van der Waals surface area contributed by atoms with Crippen molar-refractivity contribution in [3.8, 4) is 0 Å². The van der Waals surface area contributed by atoms with E-state index in [1.54, 1.807) is 37.3 Å². The van der Waals surface area contributed by atoms with Crippen LogP contribution in [0, 0.1) is 22.9 Å². The highest BCUT2D eigenvalue weighted by molar-refractivity contribution is 5.96. The van der Waals surface area contributed by atoms with E-state index in [4.69, 9.17) is 0 Å². The van der Waals surface area contributed by atoms with Crippen LogP contribution in [0.3, 0.4) is 0 Å². The fourth-order valence-corrected chi connectivity index (χ4v) is 2.95. The number of benzene rings is 2. The van der Waals surface area contributed by atoms with Gasteiger partial charge in [0.1, 0.15) is 5.82 Å². The SMILES string of the molecule is Cc1cc(NCCNC(=O)Cc2cccc(F)c2)c2cccc([N+](=O)[O-])c2n1. The second-order valence-electron chi connectivity index (χ2n) is 6.33. The minimum absolute atomic E-state index is 0.0485.